The van der Waals surface area contributed by atoms with E-state index in [9.17, 15) is 9.59 Å². The Labute approximate surface area is 136 Å². The van der Waals surface area contributed by atoms with E-state index in [4.69, 9.17) is 4.74 Å². The molecule has 1 aromatic heterocycles. The van der Waals surface area contributed by atoms with Gasteiger partial charge < -0.3 is 14.2 Å². The number of carbonyl (C=O) groups is 1. The number of carbonyl (C=O) groups excluding carboxylic acids is 1. The fourth-order valence-electron chi connectivity index (χ4n) is 3.76. The van der Waals surface area contributed by atoms with Crippen LogP contribution in [-0.4, -0.2) is 41.7 Å². The molecule has 4 rings (SSSR count). The van der Waals surface area contributed by atoms with Gasteiger partial charge in [0.1, 0.15) is 0 Å². The van der Waals surface area contributed by atoms with Gasteiger partial charge in [-0.3, -0.25) is 9.59 Å². The first-order chi connectivity index (χ1) is 11.2. The third-order valence-corrected chi connectivity index (χ3v) is 5.39. The second kappa shape index (κ2) is 6.11. The average Bonchev–Trinajstić information content (AvgIpc) is 3.26. The number of hydrogen-bond donors (Lipinski definition) is 0. The minimum absolute atomic E-state index is 0.0323. The number of nitrogens with zero attached hydrogens (tertiary/aromatic N) is 2. The van der Waals surface area contributed by atoms with Gasteiger partial charge in [-0.05, 0) is 37.2 Å². The third-order valence-electron chi connectivity index (χ3n) is 5.39. The Morgan fingerprint density at radius 2 is 2.00 bits per heavy atom. The predicted molar refractivity (Wildman–Crippen MR) is 86.3 cm³/mol. The van der Waals surface area contributed by atoms with Crippen molar-refractivity contribution in [2.24, 2.45) is 11.8 Å². The number of amides is 1. The molecule has 0 unspecified atom stereocenters. The van der Waals surface area contributed by atoms with Gasteiger partial charge in [0, 0.05) is 44.4 Å². The summed E-state index contributed by atoms with van der Waals surface area (Å²) in [7, 11) is 0. The molecule has 23 heavy (non-hydrogen) atoms. The van der Waals surface area contributed by atoms with Crippen LogP contribution in [0.15, 0.2) is 16.9 Å². The summed E-state index contributed by atoms with van der Waals surface area (Å²) >= 11 is 0. The van der Waals surface area contributed by atoms with Crippen LogP contribution < -0.4 is 5.56 Å². The van der Waals surface area contributed by atoms with Crippen LogP contribution in [0.3, 0.4) is 0 Å². The van der Waals surface area contributed by atoms with E-state index < -0.39 is 0 Å². The molecular formula is C18H24N2O3. The molecule has 2 aliphatic heterocycles. The maximum atomic E-state index is 12.6. The summed E-state index contributed by atoms with van der Waals surface area (Å²) in [5.41, 5.74) is 2.50. The molecule has 0 radical (unpaired) electrons. The standard InChI is InChI=1S/C18H24N2O3/c21-17-4-3-14-5-8-19(18(22)15-7-10-23-12-15)9-6-16(14)20(17)11-13-1-2-13/h3-4,13,15H,1-2,5-12H2/t15-/m0/s1. The predicted octanol–water partition coefficient (Wildman–Crippen LogP) is 1.22. The normalized spacial score (nSPS) is 24.3. The van der Waals surface area contributed by atoms with Crippen molar-refractivity contribution in [3.8, 4) is 0 Å². The highest BCUT2D eigenvalue weighted by Crippen LogP contribution is 2.31. The van der Waals surface area contributed by atoms with Gasteiger partial charge in [0.05, 0.1) is 12.5 Å². The lowest BCUT2D eigenvalue weighted by Crippen LogP contribution is -2.38. The molecule has 0 bridgehead atoms. The quantitative estimate of drug-likeness (QED) is 0.842. The van der Waals surface area contributed by atoms with Gasteiger partial charge in [0.15, 0.2) is 0 Å². The van der Waals surface area contributed by atoms with Crippen molar-refractivity contribution < 1.29 is 9.53 Å². The molecule has 5 heteroatoms. The first-order valence-electron chi connectivity index (χ1n) is 8.80. The molecule has 1 atom stereocenters. The molecule has 1 aromatic rings. The molecule has 124 valence electrons. The van der Waals surface area contributed by atoms with Crippen molar-refractivity contribution in [3.63, 3.8) is 0 Å². The Morgan fingerprint density at radius 3 is 2.74 bits per heavy atom. The van der Waals surface area contributed by atoms with Crippen LogP contribution in [-0.2, 0) is 28.9 Å². The van der Waals surface area contributed by atoms with Gasteiger partial charge in [-0.15, -0.1) is 0 Å². The third kappa shape index (κ3) is 3.07. The van der Waals surface area contributed by atoms with Crippen molar-refractivity contribution in [3.05, 3.63) is 33.7 Å². The van der Waals surface area contributed by atoms with Crippen molar-refractivity contribution in [2.75, 3.05) is 26.3 Å². The van der Waals surface area contributed by atoms with Crippen molar-refractivity contribution >= 4 is 5.91 Å². The van der Waals surface area contributed by atoms with Crippen LogP contribution in [0.4, 0.5) is 0 Å². The van der Waals surface area contributed by atoms with E-state index in [1.807, 2.05) is 15.5 Å². The molecule has 0 spiro atoms. The molecule has 1 saturated carbocycles. The van der Waals surface area contributed by atoms with Crippen LogP contribution in [0, 0.1) is 11.8 Å². The molecule has 1 amide bonds. The maximum absolute atomic E-state index is 12.6. The van der Waals surface area contributed by atoms with Crippen LogP contribution >= 0.6 is 0 Å². The lowest BCUT2D eigenvalue weighted by Gasteiger charge is -2.23. The summed E-state index contributed by atoms with van der Waals surface area (Å²) < 4.78 is 7.33. The fraction of sp³-hybridized carbons (Fsp3) is 0.667. The first kappa shape index (κ1) is 14.9. The minimum atomic E-state index is 0.0323. The molecule has 1 aliphatic carbocycles. The number of fused-ring (bicyclic) bond motifs is 1. The van der Waals surface area contributed by atoms with Crippen LogP contribution in [0.2, 0.25) is 0 Å². The monoisotopic (exact) mass is 316 g/mol. The Balaban J connectivity index is 1.53. The Hall–Kier alpha value is -1.62. The average molecular weight is 316 g/mol. The molecule has 0 aromatic carbocycles. The topological polar surface area (TPSA) is 51.5 Å². The van der Waals surface area contributed by atoms with Crippen LogP contribution in [0.5, 0.6) is 0 Å². The summed E-state index contributed by atoms with van der Waals surface area (Å²) in [6, 6.07) is 3.66. The number of hydrogen-bond acceptors (Lipinski definition) is 3. The van der Waals surface area contributed by atoms with E-state index >= 15 is 0 Å². The first-order valence-corrected chi connectivity index (χ1v) is 8.80. The largest absolute Gasteiger partial charge is 0.381 e. The smallest absolute Gasteiger partial charge is 0.250 e. The molecule has 3 aliphatic rings. The number of aromatic nitrogens is 1. The summed E-state index contributed by atoms with van der Waals surface area (Å²) in [5, 5.41) is 0. The Morgan fingerprint density at radius 1 is 1.17 bits per heavy atom. The minimum Gasteiger partial charge on any atom is -0.381 e. The summed E-state index contributed by atoms with van der Waals surface area (Å²) in [6.07, 6.45) is 4.95. The Bertz CT molecular complexity index is 657. The van der Waals surface area contributed by atoms with Gasteiger partial charge in [-0.1, -0.05) is 6.07 Å². The summed E-state index contributed by atoms with van der Waals surface area (Å²) in [4.78, 5) is 26.9. The van der Waals surface area contributed by atoms with Crippen LogP contribution in [0.25, 0.3) is 0 Å². The lowest BCUT2D eigenvalue weighted by molar-refractivity contribution is -0.135. The second-order valence-corrected chi connectivity index (χ2v) is 7.08. The van der Waals surface area contributed by atoms with Crippen molar-refractivity contribution in [1.29, 1.82) is 0 Å². The zero-order chi connectivity index (χ0) is 15.8. The number of pyridine rings is 1. The van der Waals surface area contributed by atoms with E-state index in [0.29, 0.717) is 19.1 Å². The van der Waals surface area contributed by atoms with E-state index in [1.54, 1.807) is 6.07 Å². The van der Waals surface area contributed by atoms with E-state index in [1.165, 1.54) is 18.4 Å². The molecule has 1 saturated heterocycles. The van der Waals surface area contributed by atoms with Gasteiger partial charge in [0.25, 0.3) is 5.56 Å². The van der Waals surface area contributed by atoms with Crippen molar-refractivity contribution in [2.45, 2.75) is 38.6 Å². The van der Waals surface area contributed by atoms with Gasteiger partial charge in [-0.25, -0.2) is 0 Å². The van der Waals surface area contributed by atoms with E-state index in [-0.39, 0.29) is 17.4 Å². The molecular weight excluding hydrogens is 292 g/mol. The summed E-state index contributed by atoms with van der Waals surface area (Å²) in [6.45, 7) is 3.59. The lowest BCUT2D eigenvalue weighted by atomic mass is 10.1. The van der Waals surface area contributed by atoms with E-state index in [2.05, 4.69) is 0 Å². The highest BCUT2D eigenvalue weighted by molar-refractivity contribution is 5.79. The van der Waals surface area contributed by atoms with E-state index in [0.717, 1.165) is 44.6 Å². The molecule has 3 heterocycles. The van der Waals surface area contributed by atoms with Gasteiger partial charge >= 0.3 is 0 Å². The zero-order valence-electron chi connectivity index (χ0n) is 13.5. The maximum Gasteiger partial charge on any atom is 0.250 e. The van der Waals surface area contributed by atoms with Crippen LogP contribution in [0.1, 0.15) is 30.5 Å². The fourth-order valence-corrected chi connectivity index (χ4v) is 3.76. The zero-order valence-corrected chi connectivity index (χ0v) is 13.5. The SMILES string of the molecule is O=C([C@H]1CCOC1)N1CCc2ccc(=O)n(CC3CC3)c2CC1. The highest BCUT2D eigenvalue weighted by atomic mass is 16.5. The highest BCUT2D eigenvalue weighted by Gasteiger charge is 2.30. The number of ether oxygens (including phenoxy) is 1. The van der Waals surface area contributed by atoms with Gasteiger partial charge in [0.2, 0.25) is 5.91 Å². The van der Waals surface area contributed by atoms with Gasteiger partial charge in [-0.2, -0.15) is 0 Å². The summed E-state index contributed by atoms with van der Waals surface area (Å²) in [5.74, 6) is 0.937. The van der Waals surface area contributed by atoms with Crippen molar-refractivity contribution in [1.82, 2.24) is 9.47 Å². The Kier molecular flexibility index (Phi) is 3.97. The second-order valence-electron chi connectivity index (χ2n) is 7.08. The molecule has 2 fully saturated rings. The molecule has 0 N–H and O–H groups in total. The number of rotatable bonds is 3. The molecule has 5 nitrogen and oxygen atoms in total.